The van der Waals surface area contributed by atoms with E-state index in [1.165, 1.54) is 18.3 Å². The number of piperidine rings is 1. The van der Waals surface area contributed by atoms with Gasteiger partial charge >= 0.3 is 6.03 Å². The van der Waals surface area contributed by atoms with Crippen molar-refractivity contribution in [3.8, 4) is 10.4 Å². The van der Waals surface area contributed by atoms with Gasteiger partial charge < -0.3 is 21.7 Å². The Balaban J connectivity index is 1.87. The highest BCUT2D eigenvalue weighted by atomic mass is 32.1. The topological polar surface area (TPSA) is 125 Å². The number of primary amides is 1. The van der Waals surface area contributed by atoms with E-state index in [1.54, 1.807) is 12.1 Å². The van der Waals surface area contributed by atoms with Gasteiger partial charge in [0.2, 0.25) is 5.91 Å². The van der Waals surface area contributed by atoms with Crippen LogP contribution in [0.2, 0.25) is 0 Å². The van der Waals surface area contributed by atoms with Crippen molar-refractivity contribution in [3.05, 3.63) is 35.9 Å². The molecule has 0 aliphatic carbocycles. The number of anilines is 2. The molecule has 0 bridgehead atoms. The van der Waals surface area contributed by atoms with Crippen LogP contribution in [0.4, 0.5) is 15.5 Å². The Morgan fingerprint density at radius 2 is 2.04 bits per heavy atom. The van der Waals surface area contributed by atoms with Crippen LogP contribution in [0.3, 0.4) is 0 Å². The average Bonchev–Trinajstić information content (AvgIpc) is 3.05. The molecule has 2 heterocycles. The van der Waals surface area contributed by atoms with E-state index in [-0.39, 0.29) is 17.9 Å². The highest BCUT2D eigenvalue weighted by Crippen LogP contribution is 2.36. The predicted octanol–water partition coefficient (Wildman–Crippen LogP) is 2.35. The largest absolute Gasteiger partial charge is 0.351 e. The molecule has 1 aliphatic heterocycles. The Hall–Kier alpha value is -2.91. The first-order valence-electron chi connectivity index (χ1n) is 9.02. The van der Waals surface area contributed by atoms with Gasteiger partial charge in [-0.05, 0) is 43.1 Å². The first kappa shape index (κ1) is 19.8. The molecular weight excluding hydrogens is 378 g/mol. The monoisotopic (exact) mass is 401 g/mol. The van der Waals surface area contributed by atoms with Crippen LogP contribution in [0, 0.1) is 0 Å². The Morgan fingerprint density at radius 1 is 1.21 bits per heavy atom. The SMILES string of the molecule is CC(=O)Nc1cccc(-c2cc(C(=O)N[C@H]3CCCNC3)c(NC(N)=O)s2)c1. The third kappa shape index (κ3) is 5.08. The predicted molar refractivity (Wildman–Crippen MR) is 111 cm³/mol. The first-order chi connectivity index (χ1) is 13.4. The zero-order chi connectivity index (χ0) is 20.1. The Morgan fingerprint density at radius 3 is 2.71 bits per heavy atom. The summed E-state index contributed by atoms with van der Waals surface area (Å²) in [6, 6.07) is 8.34. The Bertz CT molecular complexity index is 889. The molecule has 1 aliphatic rings. The molecule has 1 fully saturated rings. The minimum Gasteiger partial charge on any atom is -0.351 e. The maximum absolute atomic E-state index is 12.8. The average molecular weight is 401 g/mol. The fraction of sp³-hybridized carbons (Fsp3) is 0.316. The molecule has 1 aromatic heterocycles. The molecule has 1 aromatic carbocycles. The summed E-state index contributed by atoms with van der Waals surface area (Å²) < 4.78 is 0. The van der Waals surface area contributed by atoms with Crippen molar-refractivity contribution in [2.45, 2.75) is 25.8 Å². The molecule has 9 heteroatoms. The number of amides is 4. The van der Waals surface area contributed by atoms with Gasteiger partial charge in [0.15, 0.2) is 0 Å². The zero-order valence-electron chi connectivity index (χ0n) is 15.5. The van der Waals surface area contributed by atoms with Gasteiger partial charge in [0.25, 0.3) is 5.91 Å². The van der Waals surface area contributed by atoms with Crippen LogP contribution in [-0.4, -0.2) is 37.0 Å². The van der Waals surface area contributed by atoms with Gasteiger partial charge in [-0.15, -0.1) is 11.3 Å². The third-order valence-electron chi connectivity index (χ3n) is 4.31. The number of urea groups is 1. The molecule has 0 unspecified atom stereocenters. The summed E-state index contributed by atoms with van der Waals surface area (Å²) in [5.41, 5.74) is 7.12. The van der Waals surface area contributed by atoms with Crippen LogP contribution in [0.25, 0.3) is 10.4 Å². The minimum absolute atomic E-state index is 0.0501. The number of rotatable bonds is 5. The number of nitrogens with one attached hydrogen (secondary N) is 4. The van der Waals surface area contributed by atoms with Gasteiger partial charge in [-0.1, -0.05) is 12.1 Å². The minimum atomic E-state index is -0.728. The quantitative estimate of drug-likeness (QED) is 0.527. The van der Waals surface area contributed by atoms with Crippen LogP contribution in [0.15, 0.2) is 30.3 Å². The molecule has 3 rings (SSSR count). The number of carbonyl (C=O) groups excluding carboxylic acids is 3. The summed E-state index contributed by atoms with van der Waals surface area (Å²) >= 11 is 1.26. The van der Waals surface area contributed by atoms with Gasteiger partial charge in [-0.2, -0.15) is 0 Å². The molecule has 2 aromatic rings. The van der Waals surface area contributed by atoms with Crippen LogP contribution in [0.5, 0.6) is 0 Å². The van der Waals surface area contributed by atoms with Crippen molar-refractivity contribution >= 4 is 39.9 Å². The van der Waals surface area contributed by atoms with Gasteiger partial charge in [0.1, 0.15) is 5.00 Å². The Kier molecular flexibility index (Phi) is 6.27. The standard InChI is InChI=1S/C19H23N5O3S/c1-11(25)22-13-5-2-4-12(8-13)16-9-15(18(28-16)24-19(20)27)17(26)23-14-6-3-7-21-10-14/h2,4-5,8-9,14,21H,3,6-7,10H2,1H3,(H,22,25)(H,23,26)(H3,20,24,27)/t14-/m0/s1. The second-order valence-electron chi connectivity index (χ2n) is 6.62. The molecular formula is C19H23N5O3S. The second-order valence-corrected chi connectivity index (χ2v) is 7.67. The van der Waals surface area contributed by atoms with Gasteiger partial charge in [-0.3, -0.25) is 14.9 Å². The van der Waals surface area contributed by atoms with Gasteiger partial charge in [-0.25, -0.2) is 4.79 Å². The van der Waals surface area contributed by atoms with E-state index >= 15 is 0 Å². The lowest BCUT2D eigenvalue weighted by Crippen LogP contribution is -2.45. The van der Waals surface area contributed by atoms with Gasteiger partial charge in [0.05, 0.1) is 5.56 Å². The summed E-state index contributed by atoms with van der Waals surface area (Å²) in [6.45, 7) is 3.11. The van der Waals surface area contributed by atoms with Crippen molar-refractivity contribution in [2.24, 2.45) is 5.73 Å². The maximum Gasteiger partial charge on any atom is 0.317 e. The van der Waals surface area contributed by atoms with Crippen molar-refractivity contribution in [1.29, 1.82) is 0 Å². The summed E-state index contributed by atoms with van der Waals surface area (Å²) in [5, 5.41) is 11.9. The van der Waals surface area contributed by atoms with Crippen LogP contribution < -0.4 is 27.0 Å². The van der Waals surface area contributed by atoms with Crippen LogP contribution in [0.1, 0.15) is 30.1 Å². The molecule has 8 nitrogen and oxygen atoms in total. The molecule has 4 amide bonds. The normalized spacial score (nSPS) is 16.2. The molecule has 1 saturated heterocycles. The smallest absolute Gasteiger partial charge is 0.317 e. The van der Waals surface area contributed by atoms with Crippen LogP contribution in [-0.2, 0) is 4.79 Å². The highest BCUT2D eigenvalue weighted by molar-refractivity contribution is 7.20. The van der Waals surface area contributed by atoms with E-state index in [1.807, 2.05) is 18.2 Å². The van der Waals surface area contributed by atoms with Crippen molar-refractivity contribution in [1.82, 2.24) is 10.6 Å². The van der Waals surface area contributed by atoms with E-state index in [0.717, 1.165) is 36.4 Å². The Labute approximate surface area is 166 Å². The summed E-state index contributed by atoms with van der Waals surface area (Å²) in [5.74, 6) is -0.418. The molecule has 28 heavy (non-hydrogen) atoms. The fourth-order valence-electron chi connectivity index (χ4n) is 3.10. The summed E-state index contributed by atoms with van der Waals surface area (Å²) in [4.78, 5) is 36.2. The number of nitrogens with two attached hydrogens (primary N) is 1. The molecule has 148 valence electrons. The molecule has 1 atom stereocenters. The van der Waals surface area contributed by atoms with Crippen molar-refractivity contribution < 1.29 is 14.4 Å². The number of hydrogen-bond donors (Lipinski definition) is 5. The van der Waals surface area contributed by atoms with E-state index in [2.05, 4.69) is 21.3 Å². The molecule has 6 N–H and O–H groups in total. The lowest BCUT2D eigenvalue weighted by molar-refractivity contribution is -0.114. The lowest BCUT2D eigenvalue weighted by atomic mass is 10.1. The van der Waals surface area contributed by atoms with E-state index in [0.29, 0.717) is 16.3 Å². The number of thiophene rings is 1. The van der Waals surface area contributed by atoms with E-state index in [4.69, 9.17) is 5.73 Å². The van der Waals surface area contributed by atoms with Crippen LogP contribution >= 0.6 is 11.3 Å². The molecule has 0 saturated carbocycles. The van der Waals surface area contributed by atoms with Gasteiger partial charge in [0, 0.05) is 30.1 Å². The summed E-state index contributed by atoms with van der Waals surface area (Å²) in [7, 11) is 0. The highest BCUT2D eigenvalue weighted by Gasteiger charge is 2.22. The van der Waals surface area contributed by atoms with Crippen molar-refractivity contribution in [3.63, 3.8) is 0 Å². The van der Waals surface area contributed by atoms with Crippen molar-refractivity contribution in [2.75, 3.05) is 23.7 Å². The molecule has 0 radical (unpaired) electrons. The zero-order valence-corrected chi connectivity index (χ0v) is 16.3. The maximum atomic E-state index is 12.8. The first-order valence-corrected chi connectivity index (χ1v) is 9.84. The number of hydrogen-bond acceptors (Lipinski definition) is 5. The molecule has 0 spiro atoms. The van der Waals surface area contributed by atoms with E-state index < -0.39 is 6.03 Å². The number of carbonyl (C=O) groups is 3. The fourth-order valence-corrected chi connectivity index (χ4v) is 4.15. The summed E-state index contributed by atoms with van der Waals surface area (Å²) in [6.07, 6.45) is 1.91. The third-order valence-corrected chi connectivity index (χ3v) is 5.41. The number of benzene rings is 1. The second kappa shape index (κ2) is 8.85. The lowest BCUT2D eigenvalue weighted by Gasteiger charge is -2.23. The van der Waals surface area contributed by atoms with E-state index in [9.17, 15) is 14.4 Å².